The molecule has 0 bridgehead atoms. The molecule has 0 atom stereocenters. The Kier molecular flexibility index (Phi) is 5.26. The molecule has 3 aliphatic rings. The first-order chi connectivity index (χ1) is 13.3. The second-order valence-electron chi connectivity index (χ2n) is 10.3. The highest BCUT2D eigenvalue weighted by Gasteiger charge is 2.37. The third-order valence-electron chi connectivity index (χ3n) is 7.42. The van der Waals surface area contributed by atoms with Crippen molar-refractivity contribution in [3.63, 3.8) is 0 Å². The zero-order chi connectivity index (χ0) is 19.9. The van der Waals surface area contributed by atoms with E-state index in [1.165, 1.54) is 66.9 Å². The molecule has 3 nitrogen and oxygen atoms in total. The number of benzene rings is 1. The van der Waals surface area contributed by atoms with E-state index in [4.69, 9.17) is 10.7 Å². The van der Waals surface area contributed by atoms with E-state index in [0.717, 1.165) is 19.5 Å². The van der Waals surface area contributed by atoms with Crippen LogP contribution in [0.2, 0.25) is 0 Å². The van der Waals surface area contributed by atoms with Crippen molar-refractivity contribution in [2.24, 2.45) is 16.6 Å². The van der Waals surface area contributed by atoms with E-state index in [-0.39, 0.29) is 10.8 Å². The Morgan fingerprint density at radius 2 is 1.71 bits per heavy atom. The molecule has 4 rings (SSSR count). The van der Waals surface area contributed by atoms with Gasteiger partial charge in [-0.05, 0) is 66.8 Å². The fraction of sp³-hybridized carbons (Fsp3) is 0.640. The van der Waals surface area contributed by atoms with E-state index >= 15 is 0 Å². The summed E-state index contributed by atoms with van der Waals surface area (Å²) in [6.45, 7) is 13.7. The van der Waals surface area contributed by atoms with Crippen molar-refractivity contribution in [3.05, 3.63) is 41.0 Å². The van der Waals surface area contributed by atoms with Gasteiger partial charge >= 0.3 is 0 Å². The van der Waals surface area contributed by atoms with Crippen molar-refractivity contribution >= 4 is 11.4 Å². The first-order valence-corrected chi connectivity index (χ1v) is 11.2. The van der Waals surface area contributed by atoms with E-state index in [9.17, 15) is 0 Å². The second kappa shape index (κ2) is 7.42. The lowest BCUT2D eigenvalue weighted by Gasteiger charge is -2.42. The Bertz CT molecular complexity index is 792. The largest absolute Gasteiger partial charge is 0.329 e. The van der Waals surface area contributed by atoms with Crippen LogP contribution in [0.5, 0.6) is 0 Å². The van der Waals surface area contributed by atoms with Crippen LogP contribution in [-0.2, 0) is 10.8 Å². The van der Waals surface area contributed by atoms with Crippen LogP contribution in [0.15, 0.2) is 29.3 Å². The quantitative estimate of drug-likeness (QED) is 0.809. The van der Waals surface area contributed by atoms with Crippen molar-refractivity contribution in [1.82, 2.24) is 4.90 Å². The lowest BCUT2D eigenvalue weighted by atomic mass is 9.63. The number of fused-ring (bicyclic) bond motifs is 1. The number of allylic oxidation sites excluding steroid dienone is 1. The molecule has 1 aromatic carbocycles. The summed E-state index contributed by atoms with van der Waals surface area (Å²) in [5.41, 5.74) is 13.2. The fourth-order valence-electron chi connectivity index (χ4n) is 5.31. The summed E-state index contributed by atoms with van der Waals surface area (Å²) >= 11 is 0. The van der Waals surface area contributed by atoms with Gasteiger partial charge in [0.05, 0.1) is 5.70 Å². The molecule has 0 unspecified atom stereocenters. The van der Waals surface area contributed by atoms with Crippen LogP contribution in [0.1, 0.15) is 76.5 Å². The molecule has 0 saturated carbocycles. The number of rotatable bonds is 4. The van der Waals surface area contributed by atoms with Crippen LogP contribution in [-0.4, -0.2) is 36.8 Å². The molecule has 2 N–H and O–H groups in total. The summed E-state index contributed by atoms with van der Waals surface area (Å²) in [4.78, 5) is 7.61. The van der Waals surface area contributed by atoms with Gasteiger partial charge in [0.2, 0.25) is 0 Å². The van der Waals surface area contributed by atoms with Gasteiger partial charge in [0.1, 0.15) is 0 Å². The van der Waals surface area contributed by atoms with Gasteiger partial charge in [-0.25, -0.2) is 0 Å². The normalized spacial score (nSPS) is 24.6. The minimum Gasteiger partial charge on any atom is -0.329 e. The summed E-state index contributed by atoms with van der Waals surface area (Å²) in [5.74, 6) is 0.649. The summed E-state index contributed by atoms with van der Waals surface area (Å²) < 4.78 is 0. The summed E-state index contributed by atoms with van der Waals surface area (Å²) in [7, 11) is 0. The standard InChI is InChI=1S/C25H37N3/c1-24(2)11-12-25(3,4)21-17-19(5-6-20(21)24)23-8-7-22(27-23)18-9-14-28(15-10-18)16-13-26/h5-6,8,17-18H,7,9-16,26H2,1-4H3. The van der Waals surface area contributed by atoms with Gasteiger partial charge in [0.15, 0.2) is 0 Å². The average Bonchev–Trinajstić information content (AvgIpc) is 3.16. The number of hydrogen-bond donors (Lipinski definition) is 1. The molecular weight excluding hydrogens is 342 g/mol. The Morgan fingerprint density at radius 1 is 1.04 bits per heavy atom. The van der Waals surface area contributed by atoms with Crippen molar-refractivity contribution in [2.75, 3.05) is 26.2 Å². The number of nitrogens with zero attached hydrogens (tertiary/aromatic N) is 2. The molecule has 1 saturated heterocycles. The molecule has 0 aromatic heterocycles. The molecule has 2 heterocycles. The first-order valence-electron chi connectivity index (χ1n) is 11.2. The Balaban J connectivity index is 1.53. The van der Waals surface area contributed by atoms with Crippen LogP contribution in [0.3, 0.4) is 0 Å². The zero-order valence-electron chi connectivity index (χ0n) is 18.2. The van der Waals surface area contributed by atoms with Gasteiger partial charge in [-0.15, -0.1) is 0 Å². The molecule has 0 radical (unpaired) electrons. The molecule has 1 fully saturated rings. The van der Waals surface area contributed by atoms with Gasteiger partial charge in [0.25, 0.3) is 0 Å². The van der Waals surface area contributed by atoms with Gasteiger partial charge in [-0.1, -0.05) is 45.9 Å². The maximum Gasteiger partial charge on any atom is 0.0665 e. The Hall–Kier alpha value is -1.45. The number of likely N-dealkylation sites (tertiary alicyclic amines) is 1. The predicted octanol–water partition coefficient (Wildman–Crippen LogP) is 4.89. The highest BCUT2D eigenvalue weighted by Crippen LogP contribution is 2.46. The molecule has 0 amide bonds. The van der Waals surface area contributed by atoms with E-state index in [0.29, 0.717) is 5.92 Å². The minimum absolute atomic E-state index is 0.252. The van der Waals surface area contributed by atoms with Crippen molar-refractivity contribution < 1.29 is 0 Å². The van der Waals surface area contributed by atoms with E-state index in [1.54, 1.807) is 0 Å². The highest BCUT2D eigenvalue weighted by atomic mass is 15.1. The predicted molar refractivity (Wildman–Crippen MR) is 120 cm³/mol. The third-order valence-corrected chi connectivity index (χ3v) is 7.42. The monoisotopic (exact) mass is 379 g/mol. The zero-order valence-corrected chi connectivity index (χ0v) is 18.2. The molecule has 1 aliphatic carbocycles. The maximum atomic E-state index is 5.71. The SMILES string of the molecule is CC1(C)CCC(C)(C)c2cc(C3=CCC(C4CCN(CCN)CC4)=N3)ccc21. The van der Waals surface area contributed by atoms with E-state index in [2.05, 4.69) is 56.9 Å². The van der Waals surface area contributed by atoms with Crippen LogP contribution >= 0.6 is 0 Å². The Morgan fingerprint density at radius 3 is 2.39 bits per heavy atom. The van der Waals surface area contributed by atoms with E-state index in [1.807, 2.05) is 0 Å². The van der Waals surface area contributed by atoms with Gasteiger partial charge in [0, 0.05) is 36.7 Å². The van der Waals surface area contributed by atoms with Gasteiger partial charge in [-0.2, -0.15) is 0 Å². The van der Waals surface area contributed by atoms with Gasteiger partial charge < -0.3 is 10.6 Å². The molecule has 3 heteroatoms. The molecule has 1 aromatic rings. The molecule has 28 heavy (non-hydrogen) atoms. The number of hydrogen-bond acceptors (Lipinski definition) is 3. The highest BCUT2D eigenvalue weighted by molar-refractivity contribution is 5.97. The van der Waals surface area contributed by atoms with Crippen LogP contribution in [0, 0.1) is 5.92 Å². The molecule has 152 valence electrons. The smallest absolute Gasteiger partial charge is 0.0665 e. The first kappa shape index (κ1) is 19.8. The van der Waals surface area contributed by atoms with Crippen LogP contribution in [0.4, 0.5) is 0 Å². The molecule has 0 spiro atoms. The van der Waals surface area contributed by atoms with Gasteiger partial charge in [-0.3, -0.25) is 4.99 Å². The van der Waals surface area contributed by atoms with E-state index < -0.39 is 0 Å². The third kappa shape index (κ3) is 3.71. The fourth-order valence-corrected chi connectivity index (χ4v) is 5.31. The lowest BCUT2D eigenvalue weighted by Crippen LogP contribution is -2.38. The van der Waals surface area contributed by atoms with Crippen molar-refractivity contribution in [1.29, 1.82) is 0 Å². The van der Waals surface area contributed by atoms with Crippen molar-refractivity contribution in [3.8, 4) is 0 Å². The minimum atomic E-state index is 0.252. The number of nitrogens with two attached hydrogens (primary N) is 1. The Labute approximate surface area is 171 Å². The molecular formula is C25H37N3. The lowest BCUT2D eigenvalue weighted by molar-refractivity contribution is 0.214. The molecule has 2 aliphatic heterocycles. The summed E-state index contributed by atoms with van der Waals surface area (Å²) in [6.07, 6.45) is 8.36. The number of piperidine rings is 1. The number of aliphatic imine (C=N–C) groups is 1. The maximum absolute atomic E-state index is 5.71. The van der Waals surface area contributed by atoms with Crippen molar-refractivity contribution in [2.45, 2.75) is 70.6 Å². The average molecular weight is 380 g/mol. The second-order valence-corrected chi connectivity index (χ2v) is 10.3. The summed E-state index contributed by atoms with van der Waals surface area (Å²) in [5, 5.41) is 0. The summed E-state index contributed by atoms with van der Waals surface area (Å²) in [6, 6.07) is 7.13. The van der Waals surface area contributed by atoms with Crippen LogP contribution < -0.4 is 5.73 Å². The topological polar surface area (TPSA) is 41.6 Å². The van der Waals surface area contributed by atoms with Crippen LogP contribution in [0.25, 0.3) is 5.70 Å².